The molecule has 0 aliphatic carbocycles. The first-order valence-electron chi connectivity index (χ1n) is 6.20. The van der Waals surface area contributed by atoms with Crippen LogP contribution in [0.3, 0.4) is 0 Å². The summed E-state index contributed by atoms with van der Waals surface area (Å²) in [6.07, 6.45) is 0. The molecule has 0 aromatic heterocycles. The highest BCUT2D eigenvalue weighted by Gasteiger charge is 2.13. The number of benzene rings is 2. The highest BCUT2D eigenvalue weighted by molar-refractivity contribution is 9.10. The van der Waals surface area contributed by atoms with Crippen molar-refractivity contribution in [1.82, 2.24) is 5.32 Å². The van der Waals surface area contributed by atoms with Gasteiger partial charge in [0.2, 0.25) is 0 Å². The lowest BCUT2D eigenvalue weighted by Crippen LogP contribution is -2.26. The minimum absolute atomic E-state index is 0.0137. The van der Waals surface area contributed by atoms with Crippen molar-refractivity contribution < 1.29 is 4.79 Å². The van der Waals surface area contributed by atoms with E-state index in [0.29, 0.717) is 5.56 Å². The van der Waals surface area contributed by atoms with E-state index in [2.05, 4.69) is 33.4 Å². The summed E-state index contributed by atoms with van der Waals surface area (Å²) in [6.45, 7) is 4.04. The highest BCUT2D eigenvalue weighted by atomic mass is 79.9. The van der Waals surface area contributed by atoms with E-state index in [1.807, 2.05) is 44.2 Å². The molecule has 19 heavy (non-hydrogen) atoms. The zero-order chi connectivity index (χ0) is 13.8. The fourth-order valence-corrected chi connectivity index (χ4v) is 2.32. The molecule has 1 atom stereocenters. The average Bonchev–Trinajstić information content (AvgIpc) is 2.39. The first-order valence-corrected chi connectivity index (χ1v) is 6.99. The minimum Gasteiger partial charge on any atom is -0.345 e. The van der Waals surface area contributed by atoms with Gasteiger partial charge in [0.25, 0.3) is 5.91 Å². The second-order valence-electron chi connectivity index (χ2n) is 4.59. The largest absolute Gasteiger partial charge is 0.345 e. The molecule has 98 valence electrons. The van der Waals surface area contributed by atoms with Gasteiger partial charge in [0.15, 0.2) is 0 Å². The first-order chi connectivity index (χ1) is 9.08. The maximum Gasteiger partial charge on any atom is 0.252 e. The Morgan fingerprint density at radius 3 is 2.37 bits per heavy atom. The molecule has 1 amide bonds. The third kappa shape index (κ3) is 3.44. The minimum atomic E-state index is -0.0689. The normalized spacial score (nSPS) is 11.9. The Bertz CT molecular complexity index is 578. The molecule has 2 nitrogen and oxygen atoms in total. The van der Waals surface area contributed by atoms with E-state index >= 15 is 0 Å². The molecule has 2 aromatic rings. The molecule has 1 N–H and O–H groups in total. The van der Waals surface area contributed by atoms with Gasteiger partial charge in [0.1, 0.15) is 0 Å². The van der Waals surface area contributed by atoms with Crippen LogP contribution >= 0.6 is 15.9 Å². The van der Waals surface area contributed by atoms with Crippen LogP contribution < -0.4 is 5.32 Å². The third-order valence-electron chi connectivity index (χ3n) is 3.04. The smallest absolute Gasteiger partial charge is 0.252 e. The van der Waals surface area contributed by atoms with Gasteiger partial charge in [-0.3, -0.25) is 4.79 Å². The summed E-state index contributed by atoms with van der Waals surface area (Å²) in [6, 6.07) is 15.6. The molecule has 0 saturated heterocycles. The molecule has 0 spiro atoms. The summed E-state index contributed by atoms with van der Waals surface area (Å²) in [7, 11) is 0. The van der Waals surface area contributed by atoms with E-state index in [1.54, 1.807) is 6.07 Å². The van der Waals surface area contributed by atoms with Crippen molar-refractivity contribution in [2.75, 3.05) is 0 Å². The third-order valence-corrected chi connectivity index (χ3v) is 3.73. The Balaban J connectivity index is 2.11. The first kappa shape index (κ1) is 13.8. The molecule has 2 aromatic carbocycles. The van der Waals surface area contributed by atoms with E-state index in [0.717, 1.165) is 10.0 Å². The molecule has 0 aliphatic rings. The summed E-state index contributed by atoms with van der Waals surface area (Å²) in [5.41, 5.74) is 2.97. The van der Waals surface area contributed by atoms with Gasteiger partial charge in [-0.25, -0.2) is 0 Å². The standard InChI is InChI=1S/C16H16BrNO/c1-11-7-9-13(10-8-11)12(2)18-16(19)14-5-3-4-6-15(14)17/h3-10,12H,1-2H3,(H,18,19). The molecule has 0 aliphatic heterocycles. The number of rotatable bonds is 3. The van der Waals surface area contributed by atoms with Crippen LogP contribution in [0.15, 0.2) is 53.0 Å². The Morgan fingerprint density at radius 2 is 1.74 bits per heavy atom. The molecule has 1 unspecified atom stereocenters. The van der Waals surface area contributed by atoms with Crippen LogP contribution in [0, 0.1) is 6.92 Å². The van der Waals surface area contributed by atoms with Crippen LogP contribution in [0.1, 0.15) is 34.5 Å². The summed E-state index contributed by atoms with van der Waals surface area (Å²) in [5.74, 6) is -0.0689. The van der Waals surface area contributed by atoms with Gasteiger partial charge >= 0.3 is 0 Å². The molecular weight excluding hydrogens is 302 g/mol. The molecule has 0 heterocycles. The maximum absolute atomic E-state index is 12.2. The monoisotopic (exact) mass is 317 g/mol. The lowest BCUT2D eigenvalue weighted by Gasteiger charge is -2.15. The summed E-state index contributed by atoms with van der Waals surface area (Å²) >= 11 is 3.39. The van der Waals surface area contributed by atoms with E-state index < -0.39 is 0 Å². The van der Waals surface area contributed by atoms with Crippen molar-refractivity contribution in [2.45, 2.75) is 19.9 Å². The zero-order valence-corrected chi connectivity index (χ0v) is 12.6. The molecule has 2 rings (SSSR count). The number of hydrogen-bond acceptors (Lipinski definition) is 1. The number of aryl methyl sites for hydroxylation is 1. The van der Waals surface area contributed by atoms with Crippen LogP contribution in [0.4, 0.5) is 0 Å². The van der Waals surface area contributed by atoms with Crippen molar-refractivity contribution in [3.8, 4) is 0 Å². The number of carbonyl (C=O) groups is 1. The van der Waals surface area contributed by atoms with Gasteiger partial charge in [-0.1, -0.05) is 42.0 Å². The van der Waals surface area contributed by atoms with Crippen molar-refractivity contribution in [2.24, 2.45) is 0 Å². The maximum atomic E-state index is 12.2. The lowest BCUT2D eigenvalue weighted by molar-refractivity contribution is 0.0939. The van der Waals surface area contributed by atoms with Crippen molar-refractivity contribution in [1.29, 1.82) is 0 Å². The second kappa shape index (κ2) is 6.02. The highest BCUT2D eigenvalue weighted by Crippen LogP contribution is 2.18. The Hall–Kier alpha value is -1.61. The SMILES string of the molecule is Cc1ccc(C(C)NC(=O)c2ccccc2Br)cc1. The number of amides is 1. The van der Waals surface area contributed by atoms with Crippen molar-refractivity contribution in [3.63, 3.8) is 0 Å². The van der Waals surface area contributed by atoms with Crippen molar-refractivity contribution >= 4 is 21.8 Å². The summed E-state index contributed by atoms with van der Waals surface area (Å²) < 4.78 is 0.809. The number of nitrogens with one attached hydrogen (secondary N) is 1. The molecule has 0 bridgehead atoms. The molecule has 3 heteroatoms. The van der Waals surface area contributed by atoms with Gasteiger partial charge in [-0.2, -0.15) is 0 Å². The topological polar surface area (TPSA) is 29.1 Å². The lowest BCUT2D eigenvalue weighted by atomic mass is 10.1. The number of hydrogen-bond donors (Lipinski definition) is 1. The fraction of sp³-hybridized carbons (Fsp3) is 0.188. The van der Waals surface area contributed by atoms with Crippen LogP contribution in [-0.2, 0) is 0 Å². The van der Waals surface area contributed by atoms with E-state index in [4.69, 9.17) is 0 Å². The molecule has 0 saturated carbocycles. The van der Waals surface area contributed by atoms with Gasteiger partial charge in [0, 0.05) is 4.47 Å². The fourth-order valence-electron chi connectivity index (χ4n) is 1.86. The van der Waals surface area contributed by atoms with E-state index in [9.17, 15) is 4.79 Å². The van der Waals surface area contributed by atoms with E-state index in [1.165, 1.54) is 5.56 Å². The number of carbonyl (C=O) groups excluding carboxylic acids is 1. The predicted molar refractivity (Wildman–Crippen MR) is 81.2 cm³/mol. The van der Waals surface area contributed by atoms with Gasteiger partial charge in [0.05, 0.1) is 11.6 Å². The van der Waals surface area contributed by atoms with Crippen LogP contribution in [0.2, 0.25) is 0 Å². The van der Waals surface area contributed by atoms with Crippen LogP contribution in [0.25, 0.3) is 0 Å². The Kier molecular flexibility index (Phi) is 4.38. The predicted octanol–water partition coefficient (Wildman–Crippen LogP) is 4.25. The molecule has 0 fully saturated rings. The Labute approximate surface area is 122 Å². The molecular formula is C16H16BrNO. The van der Waals surface area contributed by atoms with Crippen LogP contribution in [-0.4, -0.2) is 5.91 Å². The van der Waals surface area contributed by atoms with Gasteiger partial charge < -0.3 is 5.32 Å². The zero-order valence-electron chi connectivity index (χ0n) is 11.0. The second-order valence-corrected chi connectivity index (χ2v) is 5.44. The summed E-state index contributed by atoms with van der Waals surface area (Å²) in [4.78, 5) is 12.2. The number of halogens is 1. The quantitative estimate of drug-likeness (QED) is 0.901. The molecule has 0 radical (unpaired) electrons. The van der Waals surface area contributed by atoms with Crippen LogP contribution in [0.5, 0.6) is 0 Å². The average molecular weight is 318 g/mol. The Morgan fingerprint density at radius 1 is 1.11 bits per heavy atom. The summed E-state index contributed by atoms with van der Waals surface area (Å²) in [5, 5.41) is 3.00. The van der Waals surface area contributed by atoms with Gasteiger partial charge in [-0.05, 0) is 47.5 Å². The van der Waals surface area contributed by atoms with E-state index in [-0.39, 0.29) is 11.9 Å². The van der Waals surface area contributed by atoms with Gasteiger partial charge in [-0.15, -0.1) is 0 Å². The van der Waals surface area contributed by atoms with Crippen molar-refractivity contribution in [3.05, 3.63) is 69.7 Å².